The second-order valence-electron chi connectivity index (χ2n) is 8.56. The maximum atomic E-state index is 13.5. The van der Waals surface area contributed by atoms with E-state index in [9.17, 15) is 9.59 Å². The van der Waals surface area contributed by atoms with Crippen LogP contribution in [0.5, 0.6) is 17.2 Å². The average molecular weight is 479 g/mol. The quantitative estimate of drug-likeness (QED) is 0.535. The van der Waals surface area contributed by atoms with Crippen molar-refractivity contribution < 1.29 is 23.8 Å². The van der Waals surface area contributed by atoms with E-state index in [4.69, 9.17) is 14.2 Å². The molecule has 3 aromatic rings. The zero-order valence-electron chi connectivity index (χ0n) is 20.6. The standard InChI is InChI=1S/C26H30N4O5/c1-16-6-7-22(35-5)21(10-16)30-15-18(13-23(30)31)26(32)28-24(25-27-8-9-29(25)2)17-11-19(33-3)14-20(12-17)34-4/h6-12,14,18,24H,13,15H2,1-5H3,(H,28,32). The van der Waals surface area contributed by atoms with E-state index in [0.717, 1.165) is 11.1 Å². The summed E-state index contributed by atoms with van der Waals surface area (Å²) in [7, 11) is 6.58. The van der Waals surface area contributed by atoms with E-state index in [0.29, 0.717) is 28.8 Å². The van der Waals surface area contributed by atoms with Crippen molar-refractivity contribution in [2.45, 2.75) is 19.4 Å². The lowest BCUT2D eigenvalue weighted by atomic mass is 10.0. The van der Waals surface area contributed by atoms with Gasteiger partial charge in [0.1, 0.15) is 29.1 Å². The number of aryl methyl sites for hydroxylation is 2. The van der Waals surface area contributed by atoms with Crippen LogP contribution in [0.25, 0.3) is 0 Å². The molecule has 1 fully saturated rings. The molecule has 35 heavy (non-hydrogen) atoms. The van der Waals surface area contributed by atoms with E-state index in [1.54, 1.807) is 38.5 Å². The van der Waals surface area contributed by atoms with E-state index in [1.807, 2.05) is 55.1 Å². The molecule has 1 aliphatic rings. The fourth-order valence-electron chi connectivity index (χ4n) is 4.34. The van der Waals surface area contributed by atoms with Crippen molar-refractivity contribution in [3.8, 4) is 17.2 Å². The van der Waals surface area contributed by atoms with Crippen molar-refractivity contribution >= 4 is 17.5 Å². The molecule has 9 heteroatoms. The van der Waals surface area contributed by atoms with Crippen LogP contribution in [0.1, 0.15) is 29.4 Å². The molecule has 0 saturated carbocycles. The molecule has 0 spiro atoms. The first-order valence-corrected chi connectivity index (χ1v) is 11.3. The summed E-state index contributed by atoms with van der Waals surface area (Å²) >= 11 is 0. The van der Waals surface area contributed by atoms with Crippen molar-refractivity contribution in [1.29, 1.82) is 0 Å². The van der Waals surface area contributed by atoms with Crippen LogP contribution in [0.3, 0.4) is 0 Å². The molecule has 1 N–H and O–H groups in total. The molecule has 0 radical (unpaired) electrons. The Bertz CT molecular complexity index is 1220. The first kappa shape index (κ1) is 24.1. The number of aromatic nitrogens is 2. The number of hydrogen-bond acceptors (Lipinski definition) is 6. The number of carbonyl (C=O) groups is 2. The van der Waals surface area contributed by atoms with Crippen LogP contribution in [0.2, 0.25) is 0 Å². The summed E-state index contributed by atoms with van der Waals surface area (Å²) in [5.41, 5.74) is 2.43. The van der Waals surface area contributed by atoms with Crippen LogP contribution >= 0.6 is 0 Å². The Morgan fingerprint density at radius 3 is 2.40 bits per heavy atom. The predicted molar refractivity (Wildman–Crippen MR) is 131 cm³/mol. The molecular formula is C26H30N4O5. The van der Waals surface area contributed by atoms with Gasteiger partial charge in [-0.25, -0.2) is 4.98 Å². The second-order valence-corrected chi connectivity index (χ2v) is 8.56. The SMILES string of the molecule is COc1cc(OC)cc(C(NC(=O)C2CC(=O)N(c3cc(C)ccc3OC)C2)c2nccn2C)c1. The Morgan fingerprint density at radius 1 is 1.09 bits per heavy atom. The number of amides is 2. The summed E-state index contributed by atoms with van der Waals surface area (Å²) in [6.07, 6.45) is 3.60. The molecule has 0 aliphatic carbocycles. The molecule has 2 atom stereocenters. The zero-order chi connectivity index (χ0) is 25.1. The molecule has 9 nitrogen and oxygen atoms in total. The fourth-order valence-corrected chi connectivity index (χ4v) is 4.34. The monoisotopic (exact) mass is 478 g/mol. The minimum absolute atomic E-state index is 0.109. The van der Waals surface area contributed by atoms with Gasteiger partial charge >= 0.3 is 0 Å². The lowest BCUT2D eigenvalue weighted by Gasteiger charge is -2.23. The van der Waals surface area contributed by atoms with Crippen molar-refractivity contribution in [3.63, 3.8) is 0 Å². The highest BCUT2D eigenvalue weighted by Gasteiger charge is 2.37. The summed E-state index contributed by atoms with van der Waals surface area (Å²) < 4.78 is 18.2. The summed E-state index contributed by atoms with van der Waals surface area (Å²) in [6.45, 7) is 2.22. The molecule has 2 unspecified atom stereocenters. The van der Waals surface area contributed by atoms with Crippen LogP contribution in [-0.4, -0.2) is 49.2 Å². The number of imidazole rings is 1. The maximum absolute atomic E-state index is 13.5. The highest BCUT2D eigenvalue weighted by molar-refractivity contribution is 6.01. The number of benzene rings is 2. The number of methoxy groups -OCH3 is 3. The minimum atomic E-state index is -0.566. The van der Waals surface area contributed by atoms with Gasteiger partial charge in [-0.1, -0.05) is 6.07 Å². The molecule has 2 heterocycles. The van der Waals surface area contributed by atoms with Crippen molar-refractivity contribution in [1.82, 2.24) is 14.9 Å². The number of hydrogen-bond donors (Lipinski definition) is 1. The van der Waals surface area contributed by atoms with E-state index in [2.05, 4.69) is 10.3 Å². The molecule has 1 saturated heterocycles. The summed E-state index contributed by atoms with van der Waals surface area (Å²) in [5.74, 6) is 1.56. The molecule has 2 aromatic carbocycles. The van der Waals surface area contributed by atoms with Gasteiger partial charge in [0.25, 0.3) is 0 Å². The zero-order valence-corrected chi connectivity index (χ0v) is 20.6. The topological polar surface area (TPSA) is 94.9 Å². The number of carbonyl (C=O) groups excluding carboxylic acids is 2. The highest BCUT2D eigenvalue weighted by Crippen LogP contribution is 2.35. The third kappa shape index (κ3) is 4.94. The van der Waals surface area contributed by atoms with Gasteiger partial charge in [0.15, 0.2) is 0 Å². The van der Waals surface area contributed by atoms with Gasteiger partial charge in [0, 0.05) is 38.5 Å². The van der Waals surface area contributed by atoms with Gasteiger partial charge in [-0.05, 0) is 42.3 Å². The number of ether oxygens (including phenoxy) is 3. The first-order chi connectivity index (χ1) is 16.8. The van der Waals surface area contributed by atoms with Gasteiger partial charge in [-0.15, -0.1) is 0 Å². The van der Waals surface area contributed by atoms with Gasteiger partial charge in [0.05, 0.1) is 32.9 Å². The number of nitrogens with one attached hydrogen (secondary N) is 1. The van der Waals surface area contributed by atoms with E-state index in [-0.39, 0.29) is 24.8 Å². The molecule has 4 rings (SSSR count). The first-order valence-electron chi connectivity index (χ1n) is 11.3. The Balaban J connectivity index is 1.62. The molecule has 184 valence electrons. The molecule has 1 aromatic heterocycles. The molecular weight excluding hydrogens is 448 g/mol. The summed E-state index contributed by atoms with van der Waals surface area (Å²) in [5, 5.41) is 3.11. The van der Waals surface area contributed by atoms with Gasteiger partial charge in [-0.3, -0.25) is 9.59 Å². The van der Waals surface area contributed by atoms with E-state index < -0.39 is 12.0 Å². The van der Waals surface area contributed by atoms with Crippen LogP contribution in [-0.2, 0) is 16.6 Å². The van der Waals surface area contributed by atoms with Gasteiger partial charge in [-0.2, -0.15) is 0 Å². The Hall–Kier alpha value is -4.01. The summed E-state index contributed by atoms with van der Waals surface area (Å²) in [4.78, 5) is 32.5. The third-order valence-electron chi connectivity index (χ3n) is 6.23. The number of anilines is 1. The lowest BCUT2D eigenvalue weighted by Crippen LogP contribution is -2.37. The Morgan fingerprint density at radius 2 is 1.80 bits per heavy atom. The minimum Gasteiger partial charge on any atom is -0.497 e. The fraction of sp³-hybridized carbons (Fsp3) is 0.346. The third-order valence-corrected chi connectivity index (χ3v) is 6.23. The van der Waals surface area contributed by atoms with Crippen LogP contribution in [0.15, 0.2) is 48.8 Å². The predicted octanol–water partition coefficient (Wildman–Crippen LogP) is 3.01. The van der Waals surface area contributed by atoms with E-state index in [1.165, 1.54) is 0 Å². The Kier molecular flexibility index (Phi) is 6.95. The largest absolute Gasteiger partial charge is 0.497 e. The van der Waals surface area contributed by atoms with Gasteiger partial charge in [0.2, 0.25) is 11.8 Å². The van der Waals surface area contributed by atoms with Crippen molar-refractivity contribution in [2.24, 2.45) is 13.0 Å². The number of nitrogens with zero attached hydrogens (tertiary/aromatic N) is 3. The second kappa shape index (κ2) is 10.1. The molecule has 2 amide bonds. The average Bonchev–Trinajstić information content (AvgIpc) is 3.47. The van der Waals surface area contributed by atoms with Crippen molar-refractivity contribution in [3.05, 3.63) is 65.7 Å². The van der Waals surface area contributed by atoms with Crippen LogP contribution in [0, 0.1) is 12.8 Å². The normalized spacial score (nSPS) is 16.2. The van der Waals surface area contributed by atoms with Gasteiger partial charge < -0.3 is 29.0 Å². The molecule has 1 aliphatic heterocycles. The lowest BCUT2D eigenvalue weighted by molar-refractivity contribution is -0.126. The van der Waals surface area contributed by atoms with Crippen molar-refractivity contribution in [2.75, 3.05) is 32.8 Å². The maximum Gasteiger partial charge on any atom is 0.227 e. The smallest absolute Gasteiger partial charge is 0.227 e. The van der Waals surface area contributed by atoms with Crippen LogP contribution < -0.4 is 24.4 Å². The van der Waals surface area contributed by atoms with Crippen LogP contribution in [0.4, 0.5) is 5.69 Å². The summed E-state index contributed by atoms with van der Waals surface area (Å²) in [6, 6.07) is 10.5. The Labute approximate surface area is 204 Å². The number of rotatable bonds is 8. The highest BCUT2D eigenvalue weighted by atomic mass is 16.5. The molecule has 0 bridgehead atoms. The van der Waals surface area contributed by atoms with E-state index >= 15 is 0 Å².